The Bertz CT molecular complexity index is 295. The minimum absolute atomic E-state index is 0.239. The molecule has 0 saturated heterocycles. The van der Waals surface area contributed by atoms with Gasteiger partial charge in [0, 0.05) is 12.1 Å². The van der Waals surface area contributed by atoms with Crippen molar-refractivity contribution in [2.75, 3.05) is 6.61 Å². The standard InChI is InChI=1S/C13H19NO/c1-2-12(9-15)14-13-7-10-5-3-4-6-11(10)8-13/h3-6,12-15H,2,7-9H2,1H3. The Labute approximate surface area is 91.3 Å². The van der Waals surface area contributed by atoms with Crippen LogP contribution in [0.4, 0.5) is 0 Å². The van der Waals surface area contributed by atoms with E-state index in [2.05, 4.69) is 36.5 Å². The molecule has 2 nitrogen and oxygen atoms in total. The zero-order chi connectivity index (χ0) is 10.7. The Kier molecular flexibility index (Phi) is 3.39. The van der Waals surface area contributed by atoms with Crippen molar-refractivity contribution in [3.63, 3.8) is 0 Å². The van der Waals surface area contributed by atoms with E-state index in [-0.39, 0.29) is 12.6 Å². The molecule has 15 heavy (non-hydrogen) atoms. The van der Waals surface area contributed by atoms with Crippen molar-refractivity contribution in [2.24, 2.45) is 0 Å². The van der Waals surface area contributed by atoms with E-state index in [1.54, 1.807) is 0 Å². The normalized spacial score (nSPS) is 17.7. The van der Waals surface area contributed by atoms with Crippen molar-refractivity contribution in [2.45, 2.75) is 38.3 Å². The molecule has 0 aromatic heterocycles. The number of nitrogens with one attached hydrogen (secondary N) is 1. The van der Waals surface area contributed by atoms with E-state index in [1.165, 1.54) is 11.1 Å². The van der Waals surface area contributed by atoms with Crippen molar-refractivity contribution in [3.05, 3.63) is 35.4 Å². The molecule has 0 spiro atoms. The van der Waals surface area contributed by atoms with Crippen LogP contribution in [0.1, 0.15) is 24.5 Å². The lowest BCUT2D eigenvalue weighted by molar-refractivity contribution is 0.228. The average molecular weight is 205 g/mol. The summed E-state index contributed by atoms with van der Waals surface area (Å²) >= 11 is 0. The first-order chi connectivity index (χ1) is 7.33. The molecule has 1 aromatic rings. The van der Waals surface area contributed by atoms with Gasteiger partial charge in [-0.25, -0.2) is 0 Å². The Morgan fingerprint density at radius 1 is 1.33 bits per heavy atom. The smallest absolute Gasteiger partial charge is 0.0584 e. The van der Waals surface area contributed by atoms with Crippen molar-refractivity contribution in [1.82, 2.24) is 5.32 Å². The molecule has 0 bridgehead atoms. The first-order valence-corrected chi connectivity index (χ1v) is 5.77. The van der Waals surface area contributed by atoms with E-state index < -0.39 is 0 Å². The molecule has 0 saturated carbocycles. The molecule has 0 aliphatic heterocycles. The van der Waals surface area contributed by atoms with Gasteiger partial charge in [-0.3, -0.25) is 0 Å². The molecule has 1 aromatic carbocycles. The maximum atomic E-state index is 9.14. The number of aliphatic hydroxyl groups excluding tert-OH is 1. The van der Waals surface area contributed by atoms with Crippen molar-refractivity contribution < 1.29 is 5.11 Å². The second-order valence-electron chi connectivity index (χ2n) is 4.33. The highest BCUT2D eigenvalue weighted by Gasteiger charge is 2.22. The van der Waals surface area contributed by atoms with Gasteiger partial charge in [-0.05, 0) is 30.4 Å². The molecule has 2 heteroatoms. The van der Waals surface area contributed by atoms with Crippen LogP contribution in [0.25, 0.3) is 0 Å². The molecule has 2 rings (SSSR count). The summed E-state index contributed by atoms with van der Waals surface area (Å²) in [5, 5.41) is 12.7. The van der Waals surface area contributed by atoms with Crippen LogP contribution in [-0.2, 0) is 12.8 Å². The third kappa shape index (κ3) is 2.39. The third-order valence-corrected chi connectivity index (χ3v) is 3.24. The van der Waals surface area contributed by atoms with Crippen LogP contribution in [0, 0.1) is 0 Å². The molecule has 2 N–H and O–H groups in total. The van der Waals surface area contributed by atoms with Crippen LogP contribution in [0.2, 0.25) is 0 Å². The maximum absolute atomic E-state index is 9.14. The van der Waals surface area contributed by atoms with Crippen LogP contribution in [-0.4, -0.2) is 23.8 Å². The topological polar surface area (TPSA) is 32.3 Å². The number of rotatable bonds is 4. The SMILES string of the molecule is CCC(CO)NC1Cc2ccccc2C1. The Hall–Kier alpha value is -0.860. The van der Waals surface area contributed by atoms with E-state index in [1.807, 2.05) is 0 Å². The molecule has 0 amide bonds. The largest absolute Gasteiger partial charge is 0.395 e. The molecule has 0 radical (unpaired) electrons. The molecule has 1 unspecified atom stereocenters. The van der Waals surface area contributed by atoms with Crippen LogP contribution in [0.15, 0.2) is 24.3 Å². The molecule has 1 aliphatic rings. The molecule has 1 atom stereocenters. The fourth-order valence-electron chi connectivity index (χ4n) is 2.31. The lowest BCUT2D eigenvalue weighted by atomic mass is 10.1. The molecule has 0 fully saturated rings. The van der Waals surface area contributed by atoms with Gasteiger partial charge in [0.2, 0.25) is 0 Å². The summed E-state index contributed by atoms with van der Waals surface area (Å²) in [4.78, 5) is 0. The van der Waals surface area contributed by atoms with Crippen LogP contribution < -0.4 is 5.32 Å². The van der Waals surface area contributed by atoms with Gasteiger partial charge in [0.25, 0.3) is 0 Å². The van der Waals surface area contributed by atoms with E-state index in [4.69, 9.17) is 5.11 Å². The van der Waals surface area contributed by atoms with E-state index >= 15 is 0 Å². The Balaban J connectivity index is 1.95. The third-order valence-electron chi connectivity index (χ3n) is 3.24. The number of benzene rings is 1. The van der Waals surface area contributed by atoms with Crippen molar-refractivity contribution >= 4 is 0 Å². The lowest BCUT2D eigenvalue weighted by Crippen LogP contribution is -2.40. The fourth-order valence-corrected chi connectivity index (χ4v) is 2.31. The van der Waals surface area contributed by atoms with Gasteiger partial charge in [0.05, 0.1) is 6.61 Å². The van der Waals surface area contributed by atoms with Gasteiger partial charge in [-0.2, -0.15) is 0 Å². The fraction of sp³-hybridized carbons (Fsp3) is 0.538. The second kappa shape index (κ2) is 4.77. The van der Waals surface area contributed by atoms with Gasteiger partial charge in [0.15, 0.2) is 0 Å². The number of hydrogen-bond acceptors (Lipinski definition) is 2. The summed E-state index contributed by atoms with van der Waals surface area (Å²) in [6.45, 7) is 2.35. The summed E-state index contributed by atoms with van der Waals surface area (Å²) in [6, 6.07) is 9.38. The molecular weight excluding hydrogens is 186 g/mol. The highest BCUT2D eigenvalue weighted by atomic mass is 16.3. The lowest BCUT2D eigenvalue weighted by Gasteiger charge is -2.19. The zero-order valence-electron chi connectivity index (χ0n) is 9.24. The highest BCUT2D eigenvalue weighted by Crippen LogP contribution is 2.21. The minimum Gasteiger partial charge on any atom is -0.395 e. The number of fused-ring (bicyclic) bond motifs is 1. The maximum Gasteiger partial charge on any atom is 0.0584 e. The Morgan fingerprint density at radius 2 is 1.93 bits per heavy atom. The van der Waals surface area contributed by atoms with E-state index in [0.717, 1.165) is 19.3 Å². The van der Waals surface area contributed by atoms with Gasteiger partial charge >= 0.3 is 0 Å². The van der Waals surface area contributed by atoms with Gasteiger partial charge in [-0.1, -0.05) is 31.2 Å². The first-order valence-electron chi connectivity index (χ1n) is 5.77. The predicted molar refractivity (Wildman–Crippen MR) is 61.9 cm³/mol. The van der Waals surface area contributed by atoms with E-state index in [9.17, 15) is 0 Å². The minimum atomic E-state index is 0.239. The predicted octanol–water partition coefficient (Wildman–Crippen LogP) is 1.51. The average Bonchev–Trinajstić information content (AvgIpc) is 2.68. The molecule has 0 heterocycles. The Morgan fingerprint density at radius 3 is 2.40 bits per heavy atom. The van der Waals surface area contributed by atoms with Crippen LogP contribution >= 0.6 is 0 Å². The summed E-state index contributed by atoms with van der Waals surface area (Å²) in [5.74, 6) is 0. The van der Waals surface area contributed by atoms with Gasteiger partial charge in [-0.15, -0.1) is 0 Å². The molecule has 82 valence electrons. The molecule has 1 aliphatic carbocycles. The summed E-state index contributed by atoms with van der Waals surface area (Å²) in [7, 11) is 0. The quantitative estimate of drug-likeness (QED) is 0.781. The second-order valence-corrected chi connectivity index (χ2v) is 4.33. The summed E-state index contributed by atoms with van der Waals surface area (Å²) in [6.07, 6.45) is 3.20. The van der Waals surface area contributed by atoms with Crippen molar-refractivity contribution in [1.29, 1.82) is 0 Å². The zero-order valence-corrected chi connectivity index (χ0v) is 9.24. The highest BCUT2D eigenvalue weighted by molar-refractivity contribution is 5.33. The van der Waals surface area contributed by atoms with Gasteiger partial charge in [0.1, 0.15) is 0 Å². The summed E-state index contributed by atoms with van der Waals surface area (Å²) in [5.41, 5.74) is 2.92. The van der Waals surface area contributed by atoms with Crippen LogP contribution in [0.5, 0.6) is 0 Å². The summed E-state index contributed by atoms with van der Waals surface area (Å²) < 4.78 is 0. The number of aliphatic hydroxyl groups is 1. The monoisotopic (exact) mass is 205 g/mol. The first kappa shape index (κ1) is 10.7. The van der Waals surface area contributed by atoms with Crippen molar-refractivity contribution in [3.8, 4) is 0 Å². The van der Waals surface area contributed by atoms with E-state index in [0.29, 0.717) is 6.04 Å². The number of hydrogen-bond donors (Lipinski definition) is 2. The van der Waals surface area contributed by atoms with Crippen LogP contribution in [0.3, 0.4) is 0 Å². The van der Waals surface area contributed by atoms with Gasteiger partial charge < -0.3 is 10.4 Å². The molecular formula is C13H19NO.